The predicted octanol–water partition coefficient (Wildman–Crippen LogP) is 5.17. The van der Waals surface area contributed by atoms with Crippen LogP contribution in [0.2, 0.25) is 0 Å². The average molecular weight is 509 g/mol. The van der Waals surface area contributed by atoms with Gasteiger partial charge in [-0.2, -0.15) is 10.2 Å². The number of H-pyrrole nitrogens is 3. The van der Waals surface area contributed by atoms with E-state index >= 15 is 0 Å². The second kappa shape index (κ2) is 9.38. The quantitative estimate of drug-likeness (QED) is 0.274. The number of fused-ring (bicyclic) bond motifs is 2. The third-order valence-corrected chi connectivity index (χ3v) is 7.09. The van der Waals surface area contributed by atoms with E-state index in [2.05, 4.69) is 40.2 Å². The summed E-state index contributed by atoms with van der Waals surface area (Å²) < 4.78 is 20.6. The number of aromatic nitrogens is 7. The van der Waals surface area contributed by atoms with Crippen molar-refractivity contribution in [3.63, 3.8) is 0 Å². The van der Waals surface area contributed by atoms with Gasteiger partial charge in [0, 0.05) is 41.3 Å². The van der Waals surface area contributed by atoms with Gasteiger partial charge in [0.15, 0.2) is 0 Å². The summed E-state index contributed by atoms with van der Waals surface area (Å²) in [7, 11) is 0. The average Bonchev–Trinajstić information content (AvgIpc) is 3.73. The van der Waals surface area contributed by atoms with Crippen LogP contribution in [0.1, 0.15) is 12.8 Å². The molecule has 0 saturated carbocycles. The number of likely N-dealkylation sites (tertiary alicyclic amines) is 1. The summed E-state index contributed by atoms with van der Waals surface area (Å²) in [6.07, 6.45) is 9.49. The maximum Gasteiger partial charge on any atom is 0.138 e. The van der Waals surface area contributed by atoms with Crippen molar-refractivity contribution < 1.29 is 9.13 Å². The number of halogens is 1. The zero-order valence-electron chi connectivity index (χ0n) is 20.5. The Balaban J connectivity index is 1.23. The van der Waals surface area contributed by atoms with Crippen LogP contribution in [0, 0.1) is 5.82 Å². The molecule has 1 aliphatic rings. The molecule has 0 amide bonds. The zero-order chi connectivity index (χ0) is 25.5. The summed E-state index contributed by atoms with van der Waals surface area (Å²) in [6, 6.07) is 10.7. The summed E-state index contributed by atoms with van der Waals surface area (Å²) in [6.45, 7) is 3.59. The first kappa shape index (κ1) is 22.6. The van der Waals surface area contributed by atoms with Gasteiger partial charge in [-0.05, 0) is 67.4 Å². The molecular weight excluding hydrogens is 483 g/mol. The number of benzene rings is 1. The maximum atomic E-state index is 14.7. The topological polar surface area (TPSA) is 111 Å². The minimum absolute atomic E-state index is 0.336. The fourth-order valence-corrected chi connectivity index (χ4v) is 5.18. The van der Waals surface area contributed by atoms with E-state index in [0.29, 0.717) is 18.0 Å². The van der Waals surface area contributed by atoms with Gasteiger partial charge in [-0.1, -0.05) is 0 Å². The van der Waals surface area contributed by atoms with E-state index in [1.54, 1.807) is 24.8 Å². The normalized spacial score (nSPS) is 14.1. The summed E-state index contributed by atoms with van der Waals surface area (Å²) >= 11 is 0. The molecule has 3 N–H and O–H groups in total. The first-order chi connectivity index (χ1) is 18.7. The molecule has 5 aromatic heterocycles. The molecule has 0 spiro atoms. The highest BCUT2D eigenvalue weighted by Gasteiger charge is 2.17. The Bertz CT molecular complexity index is 1730. The van der Waals surface area contributed by atoms with Gasteiger partial charge >= 0.3 is 0 Å². The van der Waals surface area contributed by atoms with Crippen LogP contribution in [0.4, 0.5) is 4.39 Å². The minimum Gasteiger partial charge on any atom is -0.492 e. The van der Waals surface area contributed by atoms with Crippen molar-refractivity contribution in [3.05, 3.63) is 67.0 Å². The predicted molar refractivity (Wildman–Crippen MR) is 143 cm³/mol. The number of rotatable bonds is 7. The van der Waals surface area contributed by atoms with Gasteiger partial charge in [0.05, 0.1) is 29.3 Å². The van der Waals surface area contributed by atoms with Crippen LogP contribution in [-0.2, 0) is 0 Å². The molecular formula is C28H25FN8O. The van der Waals surface area contributed by atoms with Crippen LogP contribution in [0.15, 0.2) is 61.2 Å². The van der Waals surface area contributed by atoms with E-state index < -0.39 is 0 Å². The highest BCUT2D eigenvalue weighted by atomic mass is 19.1. The number of aromatic amines is 3. The number of nitrogens with one attached hydrogen (secondary N) is 3. The number of ether oxygens (including phenoxy) is 1. The second-order valence-electron chi connectivity index (χ2n) is 9.55. The molecule has 190 valence electrons. The van der Waals surface area contributed by atoms with Gasteiger partial charge in [0.2, 0.25) is 0 Å². The molecule has 6 heterocycles. The largest absolute Gasteiger partial charge is 0.492 e. The van der Waals surface area contributed by atoms with Gasteiger partial charge in [-0.15, -0.1) is 0 Å². The SMILES string of the molecule is Fc1cc(OCCN2CCCC2)cc(-c2ccnc3[nH]c(-c4n[nH]c5cnc(-c6cn[nH]c6)cc45)cc23)c1. The van der Waals surface area contributed by atoms with Crippen LogP contribution in [0.5, 0.6) is 5.75 Å². The lowest BCUT2D eigenvalue weighted by Gasteiger charge is -2.15. The molecule has 1 fully saturated rings. The summed E-state index contributed by atoms with van der Waals surface area (Å²) in [4.78, 5) is 14.8. The first-order valence-electron chi connectivity index (χ1n) is 12.7. The third-order valence-electron chi connectivity index (χ3n) is 7.09. The lowest BCUT2D eigenvalue weighted by atomic mass is 10.0. The highest BCUT2D eigenvalue weighted by Crippen LogP contribution is 2.35. The van der Waals surface area contributed by atoms with E-state index in [4.69, 9.17) is 4.74 Å². The van der Waals surface area contributed by atoms with E-state index in [0.717, 1.165) is 69.7 Å². The van der Waals surface area contributed by atoms with Gasteiger partial charge in [0.1, 0.15) is 29.5 Å². The van der Waals surface area contributed by atoms with Crippen molar-refractivity contribution in [2.24, 2.45) is 0 Å². The van der Waals surface area contributed by atoms with Gasteiger partial charge < -0.3 is 9.72 Å². The fraction of sp³-hybridized carbons (Fsp3) is 0.214. The standard InChI is InChI=1S/C28H25FN8O/c29-19-9-17(10-20(11-19)38-8-7-37-5-1-2-6-37)21-3-4-30-28-22(21)12-25(34-28)27-23-13-24(18-14-32-33-15-18)31-16-26(23)35-36-27/h3-4,9-16H,1-2,5-8H2,(H,30,34)(H,32,33)(H,35,36). The van der Waals surface area contributed by atoms with Crippen molar-refractivity contribution in [1.29, 1.82) is 0 Å². The molecule has 0 radical (unpaired) electrons. The number of nitrogens with zero attached hydrogens (tertiary/aromatic N) is 5. The van der Waals surface area contributed by atoms with Crippen molar-refractivity contribution in [3.8, 4) is 39.5 Å². The van der Waals surface area contributed by atoms with E-state index in [-0.39, 0.29) is 5.82 Å². The van der Waals surface area contributed by atoms with Gasteiger partial charge in [0.25, 0.3) is 0 Å². The Kier molecular flexibility index (Phi) is 5.58. The van der Waals surface area contributed by atoms with Crippen molar-refractivity contribution in [2.45, 2.75) is 12.8 Å². The van der Waals surface area contributed by atoms with E-state index in [1.165, 1.54) is 25.0 Å². The molecule has 9 nitrogen and oxygen atoms in total. The monoisotopic (exact) mass is 508 g/mol. The molecule has 0 unspecified atom stereocenters. The Hall–Kier alpha value is -4.57. The molecule has 1 aromatic carbocycles. The minimum atomic E-state index is -0.336. The van der Waals surface area contributed by atoms with Crippen molar-refractivity contribution >= 4 is 21.9 Å². The van der Waals surface area contributed by atoms with Crippen molar-refractivity contribution in [1.82, 2.24) is 40.2 Å². The molecule has 1 saturated heterocycles. The number of pyridine rings is 2. The Labute approximate surface area is 217 Å². The molecule has 38 heavy (non-hydrogen) atoms. The Morgan fingerprint density at radius 3 is 2.76 bits per heavy atom. The van der Waals surface area contributed by atoms with Crippen molar-refractivity contribution in [2.75, 3.05) is 26.2 Å². The molecule has 0 atom stereocenters. The van der Waals surface area contributed by atoms with Crippen LogP contribution < -0.4 is 4.74 Å². The van der Waals surface area contributed by atoms with Crippen LogP contribution in [0.25, 0.3) is 55.7 Å². The lowest BCUT2D eigenvalue weighted by Crippen LogP contribution is -2.25. The smallest absolute Gasteiger partial charge is 0.138 e. The van der Waals surface area contributed by atoms with Crippen LogP contribution >= 0.6 is 0 Å². The second-order valence-corrected chi connectivity index (χ2v) is 9.55. The van der Waals surface area contributed by atoms with Gasteiger partial charge in [-0.25, -0.2) is 9.37 Å². The molecule has 0 aliphatic carbocycles. The summed E-state index contributed by atoms with van der Waals surface area (Å²) in [5.74, 6) is 0.189. The molecule has 0 bridgehead atoms. The maximum absolute atomic E-state index is 14.7. The third kappa shape index (κ3) is 4.18. The Morgan fingerprint density at radius 2 is 1.89 bits per heavy atom. The highest BCUT2D eigenvalue weighted by molar-refractivity contribution is 6.00. The fourth-order valence-electron chi connectivity index (χ4n) is 5.18. The first-order valence-corrected chi connectivity index (χ1v) is 12.7. The summed E-state index contributed by atoms with van der Waals surface area (Å²) in [5.41, 5.74) is 6.35. The molecule has 1 aliphatic heterocycles. The summed E-state index contributed by atoms with van der Waals surface area (Å²) in [5, 5.41) is 16.2. The molecule has 10 heteroatoms. The van der Waals surface area contributed by atoms with Gasteiger partial charge in [-0.3, -0.25) is 20.1 Å². The van der Waals surface area contributed by atoms with E-state index in [9.17, 15) is 4.39 Å². The molecule has 6 aromatic rings. The van der Waals surface area contributed by atoms with Crippen LogP contribution in [-0.4, -0.2) is 66.5 Å². The number of hydrogen-bond donors (Lipinski definition) is 3. The zero-order valence-corrected chi connectivity index (χ0v) is 20.5. The lowest BCUT2D eigenvalue weighted by molar-refractivity contribution is 0.237. The number of hydrogen-bond acceptors (Lipinski definition) is 6. The molecule has 7 rings (SSSR count). The van der Waals surface area contributed by atoms with Crippen LogP contribution in [0.3, 0.4) is 0 Å². The van der Waals surface area contributed by atoms with E-state index in [1.807, 2.05) is 24.3 Å². The Morgan fingerprint density at radius 1 is 0.974 bits per heavy atom.